The Morgan fingerprint density at radius 2 is 1.30 bits per heavy atom. The van der Waals surface area contributed by atoms with Crippen molar-refractivity contribution in [2.24, 2.45) is 0 Å². The molecule has 1 aliphatic rings. The van der Waals surface area contributed by atoms with Crippen LogP contribution in [0.4, 0.5) is 0 Å². The molecule has 0 bridgehead atoms. The molecule has 0 unspecified atom stereocenters. The first-order valence-corrected chi connectivity index (χ1v) is 13.9. The zero-order valence-electron chi connectivity index (χ0n) is 13.8. The van der Waals surface area contributed by atoms with Crippen LogP contribution in [0.1, 0.15) is 19.3 Å². The van der Waals surface area contributed by atoms with E-state index in [0.29, 0.717) is 5.44 Å². The van der Waals surface area contributed by atoms with Gasteiger partial charge in [-0.1, -0.05) is 0 Å². The molecule has 122 valence electrons. The van der Waals surface area contributed by atoms with E-state index in [9.17, 15) is 5.11 Å². The molecule has 3 heteroatoms. The van der Waals surface area contributed by atoms with Gasteiger partial charge in [0, 0.05) is 0 Å². The molecule has 23 heavy (non-hydrogen) atoms. The van der Waals surface area contributed by atoms with Crippen LogP contribution in [0.3, 0.4) is 0 Å². The minimum absolute atomic E-state index is 0.335. The van der Waals surface area contributed by atoms with Crippen molar-refractivity contribution < 1.29 is 5.11 Å². The summed E-state index contributed by atoms with van der Waals surface area (Å²) in [6, 6.07) is 21.6. The Morgan fingerprint density at radius 1 is 0.783 bits per heavy atom. The first-order valence-electron chi connectivity index (χ1n) is 8.79. The van der Waals surface area contributed by atoms with Crippen LogP contribution in [-0.2, 0) is 0 Å². The van der Waals surface area contributed by atoms with Crippen LogP contribution < -0.4 is 8.79 Å². The number of hydrogen-bond donors (Lipinski definition) is 1. The van der Waals surface area contributed by atoms with Crippen molar-refractivity contribution in [3.05, 3.63) is 60.7 Å². The zero-order chi connectivity index (χ0) is 16.0. The van der Waals surface area contributed by atoms with Gasteiger partial charge in [0.2, 0.25) is 0 Å². The van der Waals surface area contributed by atoms with E-state index >= 15 is 0 Å². The summed E-state index contributed by atoms with van der Waals surface area (Å²) in [4.78, 5) is 2.60. The number of aliphatic hydroxyl groups is 1. The summed E-state index contributed by atoms with van der Waals surface area (Å²) < 4.78 is 2.80. The average Bonchev–Trinajstić information content (AvgIpc) is 2.65. The third kappa shape index (κ3) is 3.88. The van der Waals surface area contributed by atoms with E-state index in [1.807, 2.05) is 0 Å². The molecule has 0 radical (unpaired) electrons. The number of aliphatic hydroxyl groups excluding tert-OH is 1. The Morgan fingerprint density at radius 3 is 1.78 bits per heavy atom. The minimum atomic E-state index is -2.72. The SMILES string of the molecule is O[CH2][Ge]([CH2]CN1CCCCC1)([c]1ccccc1)[c]1ccccc1. The second kappa shape index (κ2) is 8.14. The fourth-order valence-electron chi connectivity index (χ4n) is 3.76. The quantitative estimate of drug-likeness (QED) is 0.789. The molecular formula is C20H27GeNO. The predicted molar refractivity (Wildman–Crippen MR) is 100 cm³/mol. The van der Waals surface area contributed by atoms with Gasteiger partial charge < -0.3 is 0 Å². The van der Waals surface area contributed by atoms with Gasteiger partial charge in [-0.25, -0.2) is 0 Å². The summed E-state index contributed by atoms with van der Waals surface area (Å²) in [6.45, 7) is 3.59. The van der Waals surface area contributed by atoms with Crippen molar-refractivity contribution in [2.45, 2.75) is 24.5 Å². The summed E-state index contributed by atoms with van der Waals surface area (Å²) in [5, 5.41) is 11.6. The van der Waals surface area contributed by atoms with E-state index in [-0.39, 0.29) is 0 Å². The Balaban J connectivity index is 1.89. The number of piperidine rings is 1. The standard InChI is InChI=1S/C20H27GeNO/c23-18-21(19-10-4-1-5-11-19,20-12-6-2-7-13-20)14-17-22-15-8-3-9-16-22/h1-2,4-7,10-13,23H,3,8-9,14-18H2. The van der Waals surface area contributed by atoms with Gasteiger partial charge in [0.05, 0.1) is 0 Å². The Bertz CT molecular complexity index is 542. The summed E-state index contributed by atoms with van der Waals surface area (Å²) in [5.41, 5.74) is 0.335. The molecule has 0 aliphatic carbocycles. The molecular weight excluding hydrogens is 343 g/mol. The van der Waals surface area contributed by atoms with E-state index in [1.165, 1.54) is 41.1 Å². The van der Waals surface area contributed by atoms with E-state index < -0.39 is 13.3 Å². The van der Waals surface area contributed by atoms with Crippen molar-refractivity contribution in [1.29, 1.82) is 0 Å². The third-order valence-corrected chi connectivity index (χ3v) is 14.7. The molecule has 1 heterocycles. The molecule has 2 aromatic rings. The monoisotopic (exact) mass is 371 g/mol. The molecule has 0 aromatic heterocycles. The molecule has 0 spiro atoms. The number of benzene rings is 2. The topological polar surface area (TPSA) is 23.5 Å². The molecule has 0 saturated carbocycles. The van der Waals surface area contributed by atoms with E-state index in [0.717, 1.165) is 11.8 Å². The van der Waals surface area contributed by atoms with E-state index in [2.05, 4.69) is 65.6 Å². The van der Waals surface area contributed by atoms with Crippen LogP contribution in [0, 0.1) is 0 Å². The predicted octanol–water partition coefficient (Wildman–Crippen LogP) is 2.27. The molecule has 2 aromatic carbocycles. The van der Waals surface area contributed by atoms with Gasteiger partial charge >= 0.3 is 142 Å². The van der Waals surface area contributed by atoms with Crippen molar-refractivity contribution in [1.82, 2.24) is 4.90 Å². The van der Waals surface area contributed by atoms with Gasteiger partial charge in [-0.2, -0.15) is 0 Å². The molecule has 1 aliphatic heterocycles. The van der Waals surface area contributed by atoms with Gasteiger partial charge in [0.25, 0.3) is 0 Å². The Labute approximate surface area is 142 Å². The molecule has 2 nitrogen and oxygen atoms in total. The van der Waals surface area contributed by atoms with Gasteiger partial charge in [-0.3, -0.25) is 0 Å². The van der Waals surface area contributed by atoms with Gasteiger partial charge in [-0.15, -0.1) is 0 Å². The van der Waals surface area contributed by atoms with Gasteiger partial charge in [-0.05, 0) is 0 Å². The first kappa shape index (κ1) is 16.7. The molecule has 1 saturated heterocycles. The van der Waals surface area contributed by atoms with Crippen LogP contribution in [0.5, 0.6) is 0 Å². The van der Waals surface area contributed by atoms with Crippen LogP contribution >= 0.6 is 0 Å². The first-order chi connectivity index (χ1) is 11.3. The van der Waals surface area contributed by atoms with Crippen LogP contribution in [0.25, 0.3) is 0 Å². The maximum atomic E-state index is 10.5. The van der Waals surface area contributed by atoms with Crippen LogP contribution in [0.2, 0.25) is 5.25 Å². The fourth-order valence-corrected chi connectivity index (χ4v) is 11.7. The normalized spacial score (nSPS) is 16.4. The molecule has 0 amide bonds. The third-order valence-electron chi connectivity index (χ3n) is 5.23. The average molecular weight is 370 g/mol. The van der Waals surface area contributed by atoms with Gasteiger partial charge in [0.15, 0.2) is 0 Å². The molecule has 1 fully saturated rings. The summed E-state index contributed by atoms with van der Waals surface area (Å²) in [5.74, 6) is 0. The van der Waals surface area contributed by atoms with E-state index in [1.54, 1.807) is 0 Å². The summed E-state index contributed by atoms with van der Waals surface area (Å²) in [6.07, 6.45) is 4.03. The van der Waals surface area contributed by atoms with Crippen LogP contribution in [-0.4, -0.2) is 48.3 Å². The fraction of sp³-hybridized carbons (Fsp3) is 0.400. The number of hydrogen-bond acceptors (Lipinski definition) is 2. The number of nitrogens with zero attached hydrogens (tertiary/aromatic N) is 1. The van der Waals surface area contributed by atoms with Crippen molar-refractivity contribution in [3.63, 3.8) is 0 Å². The number of rotatable bonds is 6. The maximum absolute atomic E-state index is 10.5. The van der Waals surface area contributed by atoms with Crippen molar-refractivity contribution in [2.75, 3.05) is 25.1 Å². The van der Waals surface area contributed by atoms with Crippen LogP contribution in [0.15, 0.2) is 60.7 Å². The Hall–Kier alpha value is -1.10. The van der Waals surface area contributed by atoms with Gasteiger partial charge in [0.1, 0.15) is 0 Å². The van der Waals surface area contributed by atoms with Crippen molar-refractivity contribution >= 4 is 22.1 Å². The number of likely N-dealkylation sites (tertiary alicyclic amines) is 1. The zero-order valence-corrected chi connectivity index (χ0v) is 15.9. The molecule has 1 N–H and O–H groups in total. The second-order valence-corrected chi connectivity index (χ2v) is 15.3. The molecule has 3 rings (SSSR count). The summed E-state index contributed by atoms with van der Waals surface area (Å²) in [7, 11) is 0. The second-order valence-electron chi connectivity index (χ2n) is 6.62. The van der Waals surface area contributed by atoms with E-state index in [4.69, 9.17) is 0 Å². The Kier molecular flexibility index (Phi) is 5.92. The molecule has 0 atom stereocenters. The summed E-state index contributed by atoms with van der Waals surface area (Å²) >= 11 is -2.72. The van der Waals surface area contributed by atoms with Crippen molar-refractivity contribution in [3.8, 4) is 0 Å².